The standard InChI is InChI=1S/C14H25NO2/c1-11(13(16)17)10-15-8-5-6-12(7-9-15)14(2,3)4/h12H,1,5-10H2,2-4H3,(H,16,17). The second-order valence-corrected chi connectivity index (χ2v) is 6.18. The molecule has 0 aromatic rings. The molecule has 0 spiro atoms. The molecular formula is C14H25NO2. The summed E-state index contributed by atoms with van der Waals surface area (Å²) in [4.78, 5) is 13.0. The molecule has 1 fully saturated rings. The first-order valence-corrected chi connectivity index (χ1v) is 6.44. The summed E-state index contributed by atoms with van der Waals surface area (Å²) in [5, 5.41) is 8.84. The smallest absolute Gasteiger partial charge is 0.332 e. The molecule has 0 aliphatic carbocycles. The number of aliphatic carboxylic acids is 1. The van der Waals surface area contributed by atoms with Gasteiger partial charge in [-0.1, -0.05) is 27.4 Å². The highest BCUT2D eigenvalue weighted by Crippen LogP contribution is 2.34. The van der Waals surface area contributed by atoms with Gasteiger partial charge in [-0.3, -0.25) is 4.90 Å². The van der Waals surface area contributed by atoms with Gasteiger partial charge in [-0.05, 0) is 43.7 Å². The van der Waals surface area contributed by atoms with Gasteiger partial charge in [0, 0.05) is 12.1 Å². The highest BCUT2D eigenvalue weighted by Gasteiger charge is 2.27. The molecule has 1 atom stereocenters. The van der Waals surface area contributed by atoms with E-state index in [0.717, 1.165) is 31.8 Å². The minimum Gasteiger partial charge on any atom is -0.478 e. The van der Waals surface area contributed by atoms with Crippen LogP contribution in [0.4, 0.5) is 0 Å². The van der Waals surface area contributed by atoms with E-state index >= 15 is 0 Å². The Labute approximate surface area is 105 Å². The van der Waals surface area contributed by atoms with Crippen molar-refractivity contribution >= 4 is 5.97 Å². The van der Waals surface area contributed by atoms with Gasteiger partial charge in [0.1, 0.15) is 0 Å². The lowest BCUT2D eigenvalue weighted by molar-refractivity contribution is -0.132. The van der Waals surface area contributed by atoms with Crippen molar-refractivity contribution in [2.75, 3.05) is 19.6 Å². The van der Waals surface area contributed by atoms with Crippen LogP contribution in [0, 0.1) is 11.3 Å². The third kappa shape index (κ3) is 4.50. The molecule has 1 saturated heterocycles. The van der Waals surface area contributed by atoms with Crippen LogP contribution in [0.15, 0.2) is 12.2 Å². The summed E-state index contributed by atoms with van der Waals surface area (Å²) in [7, 11) is 0. The Morgan fingerprint density at radius 1 is 1.35 bits per heavy atom. The van der Waals surface area contributed by atoms with Crippen molar-refractivity contribution in [3.63, 3.8) is 0 Å². The molecule has 1 N–H and O–H groups in total. The number of carbonyl (C=O) groups is 1. The van der Waals surface area contributed by atoms with Crippen LogP contribution in [0.2, 0.25) is 0 Å². The van der Waals surface area contributed by atoms with Gasteiger partial charge in [-0.25, -0.2) is 4.79 Å². The van der Waals surface area contributed by atoms with Crippen molar-refractivity contribution in [1.29, 1.82) is 0 Å². The molecule has 0 amide bonds. The first kappa shape index (κ1) is 14.2. The monoisotopic (exact) mass is 239 g/mol. The van der Waals surface area contributed by atoms with Crippen molar-refractivity contribution in [1.82, 2.24) is 4.90 Å². The number of carboxylic acid groups (broad SMARTS) is 1. The van der Waals surface area contributed by atoms with E-state index in [2.05, 4.69) is 32.3 Å². The summed E-state index contributed by atoms with van der Waals surface area (Å²) in [5.74, 6) is -0.132. The van der Waals surface area contributed by atoms with E-state index in [1.165, 1.54) is 6.42 Å². The number of rotatable bonds is 3. The number of nitrogens with zero attached hydrogens (tertiary/aromatic N) is 1. The number of hydrogen-bond donors (Lipinski definition) is 1. The Kier molecular flexibility index (Phi) is 4.75. The van der Waals surface area contributed by atoms with E-state index in [1.54, 1.807) is 0 Å². The molecule has 0 saturated carbocycles. The minimum atomic E-state index is -0.874. The van der Waals surface area contributed by atoms with Crippen LogP contribution < -0.4 is 0 Å². The zero-order chi connectivity index (χ0) is 13.1. The SMILES string of the molecule is C=C(CN1CCCC(C(C)(C)C)CC1)C(=O)O. The molecular weight excluding hydrogens is 214 g/mol. The summed E-state index contributed by atoms with van der Waals surface area (Å²) in [5.41, 5.74) is 0.666. The van der Waals surface area contributed by atoms with Gasteiger partial charge in [0.25, 0.3) is 0 Å². The summed E-state index contributed by atoms with van der Waals surface area (Å²) in [6.45, 7) is 13.0. The lowest BCUT2D eigenvalue weighted by Gasteiger charge is -2.29. The largest absolute Gasteiger partial charge is 0.478 e. The summed E-state index contributed by atoms with van der Waals surface area (Å²) in [6, 6.07) is 0. The molecule has 1 rings (SSSR count). The number of carboxylic acids is 1. The van der Waals surface area contributed by atoms with Crippen LogP contribution in [-0.4, -0.2) is 35.6 Å². The Bertz CT molecular complexity index is 291. The molecule has 1 unspecified atom stereocenters. The van der Waals surface area contributed by atoms with Crippen molar-refractivity contribution in [3.05, 3.63) is 12.2 Å². The zero-order valence-electron chi connectivity index (χ0n) is 11.3. The predicted molar refractivity (Wildman–Crippen MR) is 70.0 cm³/mol. The Morgan fingerprint density at radius 3 is 2.53 bits per heavy atom. The molecule has 1 aliphatic rings. The van der Waals surface area contributed by atoms with Gasteiger partial charge < -0.3 is 5.11 Å². The second kappa shape index (κ2) is 5.67. The highest BCUT2D eigenvalue weighted by atomic mass is 16.4. The van der Waals surface area contributed by atoms with Crippen LogP contribution in [0.25, 0.3) is 0 Å². The minimum absolute atomic E-state index is 0.305. The number of likely N-dealkylation sites (tertiary alicyclic amines) is 1. The maximum absolute atomic E-state index is 10.8. The molecule has 17 heavy (non-hydrogen) atoms. The van der Waals surface area contributed by atoms with Crippen LogP contribution >= 0.6 is 0 Å². The molecule has 3 nitrogen and oxygen atoms in total. The predicted octanol–water partition coefficient (Wildman–Crippen LogP) is 2.78. The Hall–Kier alpha value is -0.830. The molecule has 0 aromatic carbocycles. The van der Waals surface area contributed by atoms with Crippen LogP contribution in [0.5, 0.6) is 0 Å². The Morgan fingerprint density at radius 2 is 2.00 bits per heavy atom. The van der Waals surface area contributed by atoms with Crippen molar-refractivity contribution in [2.45, 2.75) is 40.0 Å². The first-order chi connectivity index (χ1) is 7.80. The molecule has 0 radical (unpaired) electrons. The fourth-order valence-corrected chi connectivity index (χ4v) is 2.52. The normalized spacial score (nSPS) is 23.1. The van der Waals surface area contributed by atoms with E-state index in [0.29, 0.717) is 17.5 Å². The van der Waals surface area contributed by atoms with Crippen molar-refractivity contribution < 1.29 is 9.90 Å². The fraction of sp³-hybridized carbons (Fsp3) is 0.786. The average molecular weight is 239 g/mol. The second-order valence-electron chi connectivity index (χ2n) is 6.18. The molecule has 0 bridgehead atoms. The van der Waals surface area contributed by atoms with Crippen LogP contribution in [0.3, 0.4) is 0 Å². The lowest BCUT2D eigenvalue weighted by Crippen LogP contribution is -2.29. The maximum atomic E-state index is 10.8. The Balaban J connectivity index is 2.48. The van der Waals surface area contributed by atoms with E-state index in [9.17, 15) is 4.79 Å². The van der Waals surface area contributed by atoms with Gasteiger partial charge in [-0.15, -0.1) is 0 Å². The maximum Gasteiger partial charge on any atom is 0.332 e. The van der Waals surface area contributed by atoms with E-state index in [1.807, 2.05) is 0 Å². The molecule has 1 heterocycles. The van der Waals surface area contributed by atoms with Crippen molar-refractivity contribution in [2.24, 2.45) is 11.3 Å². The van der Waals surface area contributed by atoms with Gasteiger partial charge in [0.2, 0.25) is 0 Å². The third-order valence-electron chi connectivity index (χ3n) is 3.76. The zero-order valence-corrected chi connectivity index (χ0v) is 11.3. The topological polar surface area (TPSA) is 40.5 Å². The molecule has 98 valence electrons. The fourth-order valence-electron chi connectivity index (χ4n) is 2.52. The molecule has 3 heteroatoms. The summed E-state index contributed by atoms with van der Waals surface area (Å²) >= 11 is 0. The van der Waals surface area contributed by atoms with Gasteiger partial charge in [0.15, 0.2) is 0 Å². The van der Waals surface area contributed by atoms with E-state index in [4.69, 9.17) is 5.11 Å². The number of hydrogen-bond acceptors (Lipinski definition) is 2. The van der Waals surface area contributed by atoms with Gasteiger partial charge in [0.05, 0.1) is 0 Å². The molecule has 1 aliphatic heterocycles. The van der Waals surface area contributed by atoms with Gasteiger partial charge in [-0.2, -0.15) is 0 Å². The summed E-state index contributed by atoms with van der Waals surface area (Å²) < 4.78 is 0. The third-order valence-corrected chi connectivity index (χ3v) is 3.76. The highest BCUT2D eigenvalue weighted by molar-refractivity contribution is 5.86. The first-order valence-electron chi connectivity index (χ1n) is 6.44. The average Bonchev–Trinajstić information content (AvgIpc) is 2.42. The van der Waals surface area contributed by atoms with Crippen LogP contribution in [-0.2, 0) is 4.79 Å². The van der Waals surface area contributed by atoms with Crippen LogP contribution in [0.1, 0.15) is 40.0 Å². The quantitative estimate of drug-likeness (QED) is 0.770. The molecule has 0 aromatic heterocycles. The van der Waals surface area contributed by atoms with Gasteiger partial charge >= 0.3 is 5.97 Å². The van der Waals surface area contributed by atoms with E-state index < -0.39 is 5.97 Å². The van der Waals surface area contributed by atoms with Crippen molar-refractivity contribution in [3.8, 4) is 0 Å². The summed E-state index contributed by atoms with van der Waals surface area (Å²) in [6.07, 6.45) is 3.57. The van der Waals surface area contributed by atoms with E-state index in [-0.39, 0.29) is 0 Å². The lowest BCUT2D eigenvalue weighted by atomic mass is 9.77.